The molecular weight excluding hydrogens is 238 g/mol. The Morgan fingerprint density at radius 2 is 1.84 bits per heavy atom. The Kier molecular flexibility index (Phi) is 4.27. The molecule has 0 aliphatic carbocycles. The number of benzene rings is 1. The molecule has 19 heavy (non-hydrogen) atoms. The molecule has 0 spiro atoms. The van der Waals surface area contributed by atoms with Crippen LogP contribution in [0.15, 0.2) is 42.6 Å². The Balaban J connectivity index is 2.16. The highest BCUT2D eigenvalue weighted by molar-refractivity contribution is 5.28. The van der Waals surface area contributed by atoms with Crippen LogP contribution in [-0.4, -0.2) is 16.8 Å². The standard InChI is InChI=1S/C16H21NO2/c1-12(2)16(18)15-5-4-10-17(15)11-13-6-8-14(19-3)9-7-13/h4-10,12,16,18H,11H2,1-3H3. The number of aliphatic hydroxyl groups is 1. The molecule has 1 aromatic heterocycles. The highest BCUT2D eigenvalue weighted by Gasteiger charge is 2.15. The van der Waals surface area contributed by atoms with E-state index in [-0.39, 0.29) is 5.92 Å². The number of hydrogen-bond acceptors (Lipinski definition) is 2. The zero-order valence-corrected chi connectivity index (χ0v) is 11.7. The maximum Gasteiger partial charge on any atom is 0.118 e. The van der Waals surface area contributed by atoms with Crippen molar-refractivity contribution < 1.29 is 9.84 Å². The van der Waals surface area contributed by atoms with Gasteiger partial charge in [-0.1, -0.05) is 26.0 Å². The topological polar surface area (TPSA) is 34.4 Å². The van der Waals surface area contributed by atoms with Gasteiger partial charge in [0.1, 0.15) is 5.75 Å². The first-order chi connectivity index (χ1) is 9.11. The molecule has 0 radical (unpaired) electrons. The fourth-order valence-corrected chi connectivity index (χ4v) is 2.11. The molecule has 0 aliphatic rings. The van der Waals surface area contributed by atoms with Crippen LogP contribution in [0.1, 0.15) is 31.2 Å². The van der Waals surface area contributed by atoms with Gasteiger partial charge in [-0.2, -0.15) is 0 Å². The Morgan fingerprint density at radius 3 is 2.42 bits per heavy atom. The highest BCUT2D eigenvalue weighted by atomic mass is 16.5. The predicted molar refractivity (Wildman–Crippen MR) is 76.3 cm³/mol. The molecular formula is C16H21NO2. The van der Waals surface area contributed by atoms with E-state index in [1.165, 1.54) is 5.56 Å². The summed E-state index contributed by atoms with van der Waals surface area (Å²) in [7, 11) is 1.66. The van der Waals surface area contributed by atoms with E-state index in [2.05, 4.69) is 4.57 Å². The molecule has 1 N–H and O–H groups in total. The van der Waals surface area contributed by atoms with E-state index < -0.39 is 6.10 Å². The quantitative estimate of drug-likeness (QED) is 0.894. The van der Waals surface area contributed by atoms with Gasteiger partial charge in [0.25, 0.3) is 0 Å². The van der Waals surface area contributed by atoms with E-state index >= 15 is 0 Å². The van der Waals surface area contributed by atoms with Crippen LogP contribution in [0.5, 0.6) is 5.75 Å². The van der Waals surface area contributed by atoms with Crippen molar-refractivity contribution in [2.75, 3.05) is 7.11 Å². The van der Waals surface area contributed by atoms with Crippen molar-refractivity contribution in [2.24, 2.45) is 5.92 Å². The maximum absolute atomic E-state index is 10.2. The van der Waals surface area contributed by atoms with Gasteiger partial charge in [0, 0.05) is 18.4 Å². The Morgan fingerprint density at radius 1 is 1.16 bits per heavy atom. The molecule has 3 heteroatoms. The van der Waals surface area contributed by atoms with Crippen molar-refractivity contribution in [2.45, 2.75) is 26.5 Å². The predicted octanol–water partition coefficient (Wildman–Crippen LogP) is 3.23. The molecule has 2 rings (SSSR count). The third-order valence-electron chi connectivity index (χ3n) is 3.31. The Bertz CT molecular complexity index is 514. The van der Waals surface area contributed by atoms with Gasteiger partial charge in [0.2, 0.25) is 0 Å². The van der Waals surface area contributed by atoms with Crippen LogP contribution in [-0.2, 0) is 6.54 Å². The third kappa shape index (κ3) is 3.18. The monoisotopic (exact) mass is 259 g/mol. The molecule has 3 nitrogen and oxygen atoms in total. The van der Waals surface area contributed by atoms with Gasteiger partial charge in [-0.3, -0.25) is 0 Å². The lowest BCUT2D eigenvalue weighted by molar-refractivity contribution is 0.119. The lowest BCUT2D eigenvalue weighted by atomic mass is 10.0. The fraction of sp³-hybridized carbons (Fsp3) is 0.375. The van der Waals surface area contributed by atoms with Gasteiger partial charge in [-0.25, -0.2) is 0 Å². The third-order valence-corrected chi connectivity index (χ3v) is 3.31. The van der Waals surface area contributed by atoms with Crippen LogP contribution in [0.25, 0.3) is 0 Å². The number of ether oxygens (including phenoxy) is 1. The molecule has 102 valence electrons. The molecule has 1 heterocycles. The fourth-order valence-electron chi connectivity index (χ4n) is 2.11. The van der Waals surface area contributed by atoms with Gasteiger partial charge >= 0.3 is 0 Å². The van der Waals surface area contributed by atoms with E-state index in [0.29, 0.717) is 0 Å². The Hall–Kier alpha value is -1.74. The second-order valence-electron chi connectivity index (χ2n) is 5.10. The molecule has 0 saturated heterocycles. The van der Waals surface area contributed by atoms with Crippen LogP contribution in [0.4, 0.5) is 0 Å². The summed E-state index contributed by atoms with van der Waals surface area (Å²) >= 11 is 0. The molecule has 0 amide bonds. The number of nitrogens with zero attached hydrogens (tertiary/aromatic N) is 1. The first kappa shape index (κ1) is 13.7. The van der Waals surface area contributed by atoms with Gasteiger partial charge in [-0.15, -0.1) is 0 Å². The van der Waals surface area contributed by atoms with Crippen molar-refractivity contribution in [3.05, 3.63) is 53.9 Å². The Labute approximate surface area is 114 Å². The second-order valence-corrected chi connectivity index (χ2v) is 5.10. The van der Waals surface area contributed by atoms with Crippen molar-refractivity contribution in [1.29, 1.82) is 0 Å². The summed E-state index contributed by atoms with van der Waals surface area (Å²) in [5.41, 5.74) is 2.15. The van der Waals surface area contributed by atoms with Crippen molar-refractivity contribution >= 4 is 0 Å². The molecule has 0 aliphatic heterocycles. The van der Waals surface area contributed by atoms with Gasteiger partial charge in [0.15, 0.2) is 0 Å². The summed E-state index contributed by atoms with van der Waals surface area (Å²) in [5.74, 6) is 1.07. The zero-order valence-electron chi connectivity index (χ0n) is 11.7. The highest BCUT2D eigenvalue weighted by Crippen LogP contribution is 2.23. The van der Waals surface area contributed by atoms with E-state index in [1.807, 2.05) is 56.4 Å². The van der Waals surface area contributed by atoms with Crippen LogP contribution in [0.2, 0.25) is 0 Å². The number of aromatic nitrogens is 1. The molecule has 2 aromatic rings. The van der Waals surface area contributed by atoms with Crippen LogP contribution >= 0.6 is 0 Å². The number of hydrogen-bond donors (Lipinski definition) is 1. The minimum Gasteiger partial charge on any atom is -0.497 e. The minimum atomic E-state index is -0.423. The average molecular weight is 259 g/mol. The first-order valence-corrected chi connectivity index (χ1v) is 6.58. The molecule has 0 fully saturated rings. The molecule has 1 unspecified atom stereocenters. The smallest absolute Gasteiger partial charge is 0.118 e. The normalized spacial score (nSPS) is 12.7. The molecule has 0 saturated carbocycles. The first-order valence-electron chi connectivity index (χ1n) is 6.58. The van der Waals surface area contributed by atoms with Crippen molar-refractivity contribution in [3.63, 3.8) is 0 Å². The van der Waals surface area contributed by atoms with E-state index in [9.17, 15) is 5.11 Å². The van der Waals surface area contributed by atoms with Gasteiger partial charge in [-0.05, 0) is 35.7 Å². The van der Waals surface area contributed by atoms with E-state index in [1.54, 1.807) is 7.11 Å². The lowest BCUT2D eigenvalue weighted by Crippen LogP contribution is -2.12. The van der Waals surface area contributed by atoms with Gasteiger partial charge < -0.3 is 14.4 Å². The minimum absolute atomic E-state index is 0.213. The SMILES string of the molecule is COc1ccc(Cn2cccc2C(O)C(C)C)cc1. The average Bonchev–Trinajstić information content (AvgIpc) is 2.86. The maximum atomic E-state index is 10.2. The van der Waals surface area contributed by atoms with Crippen molar-refractivity contribution in [3.8, 4) is 5.75 Å². The van der Waals surface area contributed by atoms with Gasteiger partial charge in [0.05, 0.1) is 13.2 Å². The number of aliphatic hydroxyl groups excluding tert-OH is 1. The summed E-state index contributed by atoms with van der Waals surface area (Å²) in [5, 5.41) is 10.2. The molecule has 1 aromatic carbocycles. The number of methoxy groups -OCH3 is 1. The summed E-state index contributed by atoms with van der Waals surface area (Å²) in [6, 6.07) is 12.0. The summed E-state index contributed by atoms with van der Waals surface area (Å²) in [6.07, 6.45) is 1.58. The van der Waals surface area contributed by atoms with Crippen molar-refractivity contribution in [1.82, 2.24) is 4.57 Å². The number of rotatable bonds is 5. The molecule has 1 atom stereocenters. The van der Waals surface area contributed by atoms with E-state index in [0.717, 1.165) is 18.0 Å². The summed E-state index contributed by atoms with van der Waals surface area (Å²) < 4.78 is 7.24. The lowest BCUT2D eigenvalue weighted by Gasteiger charge is -2.18. The van der Waals surface area contributed by atoms with E-state index in [4.69, 9.17) is 4.74 Å². The summed E-state index contributed by atoms with van der Waals surface area (Å²) in [4.78, 5) is 0. The van der Waals surface area contributed by atoms with Crippen LogP contribution in [0, 0.1) is 5.92 Å². The van der Waals surface area contributed by atoms with Crippen LogP contribution in [0.3, 0.4) is 0 Å². The largest absolute Gasteiger partial charge is 0.497 e. The summed E-state index contributed by atoms with van der Waals surface area (Å²) in [6.45, 7) is 4.81. The van der Waals surface area contributed by atoms with Crippen LogP contribution < -0.4 is 4.74 Å². The zero-order chi connectivity index (χ0) is 13.8. The second kappa shape index (κ2) is 5.93. The molecule has 0 bridgehead atoms.